The van der Waals surface area contributed by atoms with E-state index in [0.29, 0.717) is 6.04 Å². The van der Waals surface area contributed by atoms with Gasteiger partial charge in [-0.25, -0.2) is 0 Å². The lowest BCUT2D eigenvalue weighted by molar-refractivity contribution is 0.330. The molecule has 0 saturated heterocycles. The van der Waals surface area contributed by atoms with Gasteiger partial charge in [0, 0.05) is 10.5 Å². The number of rotatable bonds is 8. The molecule has 102 valence electrons. The smallest absolute Gasteiger partial charge is 0.0178 e. The van der Waals surface area contributed by atoms with E-state index in [1.807, 2.05) is 0 Å². The summed E-state index contributed by atoms with van der Waals surface area (Å²) in [6, 6.07) is 9.26. The van der Waals surface area contributed by atoms with Crippen molar-refractivity contribution in [3.05, 3.63) is 34.3 Å². The van der Waals surface area contributed by atoms with Gasteiger partial charge in [-0.15, -0.1) is 0 Å². The largest absolute Gasteiger partial charge is 0.316 e. The molecule has 0 saturated carbocycles. The van der Waals surface area contributed by atoms with Crippen LogP contribution < -0.4 is 5.32 Å². The number of unbranched alkanes of at least 4 members (excludes halogenated alkanes) is 1. The first-order valence-electron chi connectivity index (χ1n) is 7.12. The Morgan fingerprint density at radius 2 is 2.06 bits per heavy atom. The van der Waals surface area contributed by atoms with Crippen LogP contribution in [0.3, 0.4) is 0 Å². The highest BCUT2D eigenvalue weighted by molar-refractivity contribution is 9.10. The van der Waals surface area contributed by atoms with Crippen molar-refractivity contribution in [3.8, 4) is 0 Å². The molecule has 0 aromatic heterocycles. The Morgan fingerprint density at radius 1 is 1.28 bits per heavy atom. The zero-order chi connectivity index (χ0) is 13.4. The number of likely N-dealkylation sites (N-methyl/N-ethyl adjacent to an activating group) is 1. The van der Waals surface area contributed by atoms with Crippen LogP contribution in [0.1, 0.15) is 45.1 Å². The summed E-state index contributed by atoms with van der Waals surface area (Å²) in [5.74, 6) is 0.786. The third-order valence-corrected chi connectivity index (χ3v) is 4.23. The lowest BCUT2D eigenvalue weighted by Gasteiger charge is -2.26. The fraction of sp³-hybridized carbons (Fsp3) is 0.625. The molecule has 0 aliphatic carbocycles. The number of nitrogens with one attached hydrogen (secondary N) is 1. The molecule has 0 heterocycles. The maximum Gasteiger partial charge on any atom is 0.0178 e. The Kier molecular flexibility index (Phi) is 7.60. The Balaban J connectivity index is 2.64. The van der Waals surface area contributed by atoms with Gasteiger partial charge in [-0.1, -0.05) is 61.2 Å². The van der Waals surface area contributed by atoms with Gasteiger partial charge >= 0.3 is 0 Å². The summed E-state index contributed by atoms with van der Waals surface area (Å²) in [6.07, 6.45) is 6.36. The van der Waals surface area contributed by atoms with Gasteiger partial charge in [0.05, 0.1) is 0 Å². The summed E-state index contributed by atoms with van der Waals surface area (Å²) in [5.41, 5.74) is 1.42. The van der Waals surface area contributed by atoms with Crippen LogP contribution in [0, 0.1) is 5.92 Å². The predicted molar refractivity (Wildman–Crippen MR) is 84.0 cm³/mol. The third-order valence-electron chi connectivity index (χ3n) is 3.74. The SMILES string of the molecule is CCCCC(CC)C(Cc1cccc(Br)c1)NC. The summed E-state index contributed by atoms with van der Waals surface area (Å²) in [4.78, 5) is 0. The van der Waals surface area contributed by atoms with E-state index in [-0.39, 0.29) is 0 Å². The van der Waals surface area contributed by atoms with Crippen molar-refractivity contribution >= 4 is 15.9 Å². The van der Waals surface area contributed by atoms with Gasteiger partial charge in [0.15, 0.2) is 0 Å². The molecule has 1 nitrogen and oxygen atoms in total. The molecule has 0 spiro atoms. The monoisotopic (exact) mass is 311 g/mol. The molecule has 2 heteroatoms. The molecule has 2 atom stereocenters. The normalized spacial score (nSPS) is 14.4. The van der Waals surface area contributed by atoms with Crippen molar-refractivity contribution in [2.24, 2.45) is 5.92 Å². The lowest BCUT2D eigenvalue weighted by Crippen LogP contribution is -2.35. The molecule has 0 fully saturated rings. The summed E-state index contributed by atoms with van der Waals surface area (Å²) in [6.45, 7) is 4.58. The van der Waals surface area contributed by atoms with Crippen molar-refractivity contribution in [2.75, 3.05) is 7.05 Å². The maximum absolute atomic E-state index is 3.55. The van der Waals surface area contributed by atoms with Crippen molar-refractivity contribution in [1.29, 1.82) is 0 Å². The number of benzene rings is 1. The fourth-order valence-electron chi connectivity index (χ4n) is 2.58. The second-order valence-electron chi connectivity index (χ2n) is 5.04. The summed E-state index contributed by atoms with van der Waals surface area (Å²) in [5, 5.41) is 3.51. The molecule has 0 radical (unpaired) electrons. The first-order chi connectivity index (χ1) is 8.71. The summed E-state index contributed by atoms with van der Waals surface area (Å²) < 4.78 is 1.18. The van der Waals surface area contributed by atoms with Crippen molar-refractivity contribution in [1.82, 2.24) is 5.32 Å². The first kappa shape index (κ1) is 15.7. The Hall–Kier alpha value is -0.340. The quantitative estimate of drug-likeness (QED) is 0.727. The topological polar surface area (TPSA) is 12.0 Å². The Labute approximate surface area is 120 Å². The minimum absolute atomic E-state index is 0.593. The molecule has 18 heavy (non-hydrogen) atoms. The van der Waals surface area contributed by atoms with Crippen molar-refractivity contribution in [3.63, 3.8) is 0 Å². The van der Waals surface area contributed by atoms with Gasteiger partial charge in [-0.05, 0) is 43.5 Å². The molecule has 0 aliphatic rings. The highest BCUT2D eigenvalue weighted by Crippen LogP contribution is 2.21. The van der Waals surface area contributed by atoms with E-state index in [1.54, 1.807) is 0 Å². The van der Waals surface area contributed by atoms with Gasteiger partial charge in [0.1, 0.15) is 0 Å². The van der Waals surface area contributed by atoms with Gasteiger partial charge in [0.25, 0.3) is 0 Å². The standard InChI is InChI=1S/C16H26BrN/c1-4-6-9-14(5-2)16(18-3)12-13-8-7-10-15(17)11-13/h7-8,10-11,14,16,18H,4-6,9,12H2,1-3H3. The van der Waals surface area contributed by atoms with Crippen LogP contribution in [0.4, 0.5) is 0 Å². The first-order valence-corrected chi connectivity index (χ1v) is 7.92. The van der Waals surface area contributed by atoms with E-state index in [0.717, 1.165) is 12.3 Å². The van der Waals surface area contributed by atoms with Gasteiger partial charge < -0.3 is 5.32 Å². The molecule has 0 aliphatic heterocycles. The maximum atomic E-state index is 3.55. The van der Waals surface area contributed by atoms with E-state index in [9.17, 15) is 0 Å². The van der Waals surface area contributed by atoms with E-state index < -0.39 is 0 Å². The van der Waals surface area contributed by atoms with Crippen LogP contribution >= 0.6 is 15.9 Å². The van der Waals surface area contributed by atoms with Crippen LogP contribution in [0.2, 0.25) is 0 Å². The van der Waals surface area contributed by atoms with Crippen molar-refractivity contribution < 1.29 is 0 Å². The minimum atomic E-state index is 0.593. The van der Waals surface area contributed by atoms with E-state index in [4.69, 9.17) is 0 Å². The number of hydrogen-bond donors (Lipinski definition) is 1. The molecule has 2 unspecified atom stereocenters. The van der Waals surface area contributed by atoms with Crippen LogP contribution in [0.5, 0.6) is 0 Å². The van der Waals surface area contributed by atoms with Crippen LogP contribution in [0.15, 0.2) is 28.7 Å². The predicted octanol–water partition coefficient (Wildman–Crippen LogP) is 4.80. The van der Waals surface area contributed by atoms with Crippen LogP contribution in [-0.4, -0.2) is 13.1 Å². The Morgan fingerprint density at radius 3 is 2.61 bits per heavy atom. The van der Waals surface area contributed by atoms with Crippen LogP contribution in [0.25, 0.3) is 0 Å². The lowest BCUT2D eigenvalue weighted by atomic mass is 9.87. The van der Waals surface area contributed by atoms with Gasteiger partial charge in [-0.3, -0.25) is 0 Å². The molecular formula is C16H26BrN. The third kappa shape index (κ3) is 5.11. The molecule has 1 aromatic carbocycles. The molecule has 1 rings (SSSR count). The summed E-state index contributed by atoms with van der Waals surface area (Å²) >= 11 is 3.55. The zero-order valence-corrected chi connectivity index (χ0v) is 13.5. The Bertz CT molecular complexity index is 338. The second-order valence-corrected chi connectivity index (χ2v) is 5.96. The molecule has 1 N–H and O–H groups in total. The highest BCUT2D eigenvalue weighted by Gasteiger charge is 2.18. The highest BCUT2D eigenvalue weighted by atomic mass is 79.9. The average Bonchev–Trinajstić information content (AvgIpc) is 2.38. The fourth-order valence-corrected chi connectivity index (χ4v) is 3.03. The van der Waals surface area contributed by atoms with Gasteiger partial charge in [0.2, 0.25) is 0 Å². The van der Waals surface area contributed by atoms with E-state index >= 15 is 0 Å². The molecular weight excluding hydrogens is 286 g/mol. The van der Waals surface area contributed by atoms with Crippen molar-refractivity contribution in [2.45, 2.75) is 52.0 Å². The average molecular weight is 312 g/mol. The van der Waals surface area contributed by atoms with Crippen LogP contribution in [-0.2, 0) is 6.42 Å². The number of hydrogen-bond acceptors (Lipinski definition) is 1. The van der Waals surface area contributed by atoms with Gasteiger partial charge in [-0.2, -0.15) is 0 Å². The molecule has 1 aromatic rings. The number of halogens is 1. The van der Waals surface area contributed by atoms with E-state index in [2.05, 4.69) is 66.4 Å². The summed E-state index contributed by atoms with van der Waals surface area (Å²) in [7, 11) is 2.09. The molecule has 0 amide bonds. The van der Waals surface area contributed by atoms with E-state index in [1.165, 1.54) is 35.7 Å². The molecule has 0 bridgehead atoms. The second kappa shape index (κ2) is 8.71. The zero-order valence-electron chi connectivity index (χ0n) is 11.9. The minimum Gasteiger partial charge on any atom is -0.316 e.